The van der Waals surface area contributed by atoms with E-state index in [1.54, 1.807) is 6.07 Å². The SMILES string of the molecule is CC(C)Cc1cccc(-c2cc(C=O)ccc2F)c1. The van der Waals surface area contributed by atoms with Crippen molar-refractivity contribution in [3.05, 3.63) is 59.4 Å². The first kappa shape index (κ1) is 13.5. The molecule has 0 aliphatic heterocycles. The zero-order valence-corrected chi connectivity index (χ0v) is 11.2. The summed E-state index contributed by atoms with van der Waals surface area (Å²) in [6, 6.07) is 12.3. The second kappa shape index (κ2) is 5.79. The maximum Gasteiger partial charge on any atom is 0.150 e. The van der Waals surface area contributed by atoms with E-state index < -0.39 is 0 Å². The van der Waals surface area contributed by atoms with Crippen LogP contribution in [0.2, 0.25) is 0 Å². The van der Waals surface area contributed by atoms with Gasteiger partial charge >= 0.3 is 0 Å². The molecule has 0 bridgehead atoms. The largest absolute Gasteiger partial charge is 0.298 e. The molecule has 0 N–H and O–H groups in total. The van der Waals surface area contributed by atoms with Gasteiger partial charge in [0, 0.05) is 11.1 Å². The molecule has 98 valence electrons. The van der Waals surface area contributed by atoms with Gasteiger partial charge in [0.05, 0.1) is 0 Å². The Hall–Kier alpha value is -1.96. The molecule has 0 radical (unpaired) electrons. The zero-order chi connectivity index (χ0) is 13.8. The summed E-state index contributed by atoms with van der Waals surface area (Å²) in [6.45, 7) is 4.31. The molecule has 0 atom stereocenters. The summed E-state index contributed by atoms with van der Waals surface area (Å²) in [5.74, 6) is 0.258. The topological polar surface area (TPSA) is 17.1 Å². The molecular formula is C17H17FO. The van der Waals surface area contributed by atoms with Gasteiger partial charge in [0.1, 0.15) is 12.1 Å². The van der Waals surface area contributed by atoms with Gasteiger partial charge in [-0.25, -0.2) is 4.39 Å². The fraction of sp³-hybridized carbons (Fsp3) is 0.235. The van der Waals surface area contributed by atoms with E-state index in [9.17, 15) is 9.18 Å². The highest BCUT2D eigenvalue weighted by atomic mass is 19.1. The number of rotatable bonds is 4. The molecule has 0 saturated carbocycles. The van der Waals surface area contributed by atoms with Crippen LogP contribution < -0.4 is 0 Å². The van der Waals surface area contributed by atoms with Crippen molar-refractivity contribution >= 4 is 6.29 Å². The van der Waals surface area contributed by atoms with Gasteiger partial charge in [0.25, 0.3) is 0 Å². The van der Waals surface area contributed by atoms with Crippen LogP contribution in [0.25, 0.3) is 11.1 Å². The number of carbonyl (C=O) groups is 1. The molecule has 0 spiro atoms. The Labute approximate surface area is 113 Å². The Morgan fingerprint density at radius 2 is 1.95 bits per heavy atom. The van der Waals surface area contributed by atoms with Gasteiger partial charge in [0.2, 0.25) is 0 Å². The third kappa shape index (κ3) is 3.28. The van der Waals surface area contributed by atoms with E-state index in [0.717, 1.165) is 18.3 Å². The third-order valence-electron chi connectivity index (χ3n) is 3.01. The Kier molecular flexibility index (Phi) is 4.10. The quantitative estimate of drug-likeness (QED) is 0.736. The zero-order valence-electron chi connectivity index (χ0n) is 11.2. The van der Waals surface area contributed by atoms with Crippen LogP contribution in [-0.2, 0) is 6.42 Å². The molecule has 0 aliphatic carbocycles. The van der Waals surface area contributed by atoms with E-state index in [0.29, 0.717) is 17.0 Å². The first-order valence-electron chi connectivity index (χ1n) is 6.44. The molecular weight excluding hydrogens is 239 g/mol. The lowest BCUT2D eigenvalue weighted by molar-refractivity contribution is 0.112. The predicted molar refractivity (Wildman–Crippen MR) is 75.8 cm³/mol. The van der Waals surface area contributed by atoms with Gasteiger partial charge in [0.15, 0.2) is 0 Å². The lowest BCUT2D eigenvalue weighted by Crippen LogP contribution is -1.95. The maximum absolute atomic E-state index is 13.9. The van der Waals surface area contributed by atoms with Crippen LogP contribution in [0.3, 0.4) is 0 Å². The molecule has 0 fully saturated rings. The molecule has 2 aromatic rings. The minimum absolute atomic E-state index is 0.299. The van der Waals surface area contributed by atoms with Crippen molar-refractivity contribution in [2.45, 2.75) is 20.3 Å². The van der Waals surface area contributed by atoms with E-state index in [2.05, 4.69) is 13.8 Å². The van der Waals surface area contributed by atoms with Crippen molar-refractivity contribution in [3.63, 3.8) is 0 Å². The normalized spacial score (nSPS) is 10.7. The molecule has 2 rings (SSSR count). The second-order valence-corrected chi connectivity index (χ2v) is 5.16. The van der Waals surface area contributed by atoms with E-state index in [4.69, 9.17) is 0 Å². The molecule has 1 nitrogen and oxygen atoms in total. The molecule has 2 heteroatoms. The van der Waals surface area contributed by atoms with Crippen LogP contribution in [0.5, 0.6) is 0 Å². The van der Waals surface area contributed by atoms with Crippen molar-refractivity contribution in [1.82, 2.24) is 0 Å². The van der Waals surface area contributed by atoms with Crippen LogP contribution in [0.4, 0.5) is 4.39 Å². The highest BCUT2D eigenvalue weighted by Gasteiger charge is 2.07. The molecule has 0 heterocycles. The van der Waals surface area contributed by atoms with Crippen LogP contribution in [0, 0.1) is 11.7 Å². The first-order chi connectivity index (χ1) is 9.10. The fourth-order valence-electron chi connectivity index (χ4n) is 2.17. The van der Waals surface area contributed by atoms with Crippen molar-refractivity contribution in [2.75, 3.05) is 0 Å². The van der Waals surface area contributed by atoms with E-state index in [-0.39, 0.29) is 5.82 Å². The lowest BCUT2D eigenvalue weighted by Gasteiger charge is -2.09. The highest BCUT2D eigenvalue weighted by molar-refractivity contribution is 5.79. The van der Waals surface area contributed by atoms with Gasteiger partial charge in [-0.05, 0) is 41.7 Å². The minimum atomic E-state index is -0.299. The number of hydrogen-bond donors (Lipinski definition) is 0. The fourth-order valence-corrected chi connectivity index (χ4v) is 2.17. The summed E-state index contributed by atoms with van der Waals surface area (Å²) in [7, 11) is 0. The average molecular weight is 256 g/mol. The molecule has 0 saturated heterocycles. The number of aldehydes is 1. The van der Waals surface area contributed by atoms with Crippen molar-refractivity contribution in [2.24, 2.45) is 5.92 Å². The Bertz CT molecular complexity index is 588. The number of hydrogen-bond acceptors (Lipinski definition) is 1. The standard InChI is InChI=1S/C17H17FO/c1-12(2)8-13-4-3-5-15(9-13)16-10-14(11-19)6-7-17(16)18/h3-7,9-12H,8H2,1-2H3. The lowest BCUT2D eigenvalue weighted by atomic mass is 9.97. The van der Waals surface area contributed by atoms with Crippen molar-refractivity contribution in [3.8, 4) is 11.1 Å². The monoisotopic (exact) mass is 256 g/mol. The smallest absolute Gasteiger partial charge is 0.150 e. The molecule has 19 heavy (non-hydrogen) atoms. The predicted octanol–water partition coefficient (Wildman–Crippen LogP) is 4.50. The number of halogens is 1. The molecule has 0 amide bonds. The second-order valence-electron chi connectivity index (χ2n) is 5.16. The van der Waals surface area contributed by atoms with Crippen LogP contribution in [0.15, 0.2) is 42.5 Å². The molecule has 0 aromatic heterocycles. The summed E-state index contributed by atoms with van der Waals surface area (Å²) in [5, 5.41) is 0. The van der Waals surface area contributed by atoms with Crippen LogP contribution >= 0.6 is 0 Å². The van der Waals surface area contributed by atoms with Gasteiger partial charge in [-0.3, -0.25) is 4.79 Å². The van der Waals surface area contributed by atoms with E-state index in [1.807, 2.05) is 24.3 Å². The van der Waals surface area contributed by atoms with Crippen molar-refractivity contribution in [1.29, 1.82) is 0 Å². The summed E-state index contributed by atoms with van der Waals surface area (Å²) in [4.78, 5) is 10.8. The summed E-state index contributed by atoms with van der Waals surface area (Å²) in [6.07, 6.45) is 1.70. The summed E-state index contributed by atoms with van der Waals surface area (Å²) >= 11 is 0. The number of benzene rings is 2. The van der Waals surface area contributed by atoms with Crippen LogP contribution in [0.1, 0.15) is 29.8 Å². The third-order valence-corrected chi connectivity index (χ3v) is 3.01. The van der Waals surface area contributed by atoms with Gasteiger partial charge in [-0.1, -0.05) is 38.1 Å². The molecule has 0 aliphatic rings. The first-order valence-corrected chi connectivity index (χ1v) is 6.44. The molecule has 0 unspecified atom stereocenters. The summed E-state index contributed by atoms with van der Waals surface area (Å²) in [5.41, 5.74) is 2.98. The Balaban J connectivity index is 2.43. The van der Waals surface area contributed by atoms with Crippen LogP contribution in [-0.4, -0.2) is 6.29 Å². The van der Waals surface area contributed by atoms with Gasteiger partial charge < -0.3 is 0 Å². The molecule has 2 aromatic carbocycles. The average Bonchev–Trinajstić information content (AvgIpc) is 2.39. The van der Waals surface area contributed by atoms with Gasteiger partial charge in [-0.15, -0.1) is 0 Å². The van der Waals surface area contributed by atoms with E-state index >= 15 is 0 Å². The minimum Gasteiger partial charge on any atom is -0.298 e. The Morgan fingerprint density at radius 1 is 1.16 bits per heavy atom. The van der Waals surface area contributed by atoms with Crippen molar-refractivity contribution < 1.29 is 9.18 Å². The maximum atomic E-state index is 13.9. The number of carbonyl (C=O) groups excluding carboxylic acids is 1. The highest BCUT2D eigenvalue weighted by Crippen LogP contribution is 2.25. The Morgan fingerprint density at radius 3 is 2.63 bits per heavy atom. The summed E-state index contributed by atoms with van der Waals surface area (Å²) < 4.78 is 13.9. The van der Waals surface area contributed by atoms with Gasteiger partial charge in [-0.2, -0.15) is 0 Å². The van der Waals surface area contributed by atoms with E-state index in [1.165, 1.54) is 17.7 Å².